The Balaban J connectivity index is 2.25. The Hall–Kier alpha value is -2.96. The zero-order valence-corrected chi connectivity index (χ0v) is 11.4. The number of carbonyl (C=O) groups is 1. The molecule has 0 saturated carbocycles. The largest absolute Gasteiger partial charge is 0.506 e. The van der Waals surface area contributed by atoms with Crippen molar-refractivity contribution in [2.24, 2.45) is 0 Å². The molecule has 3 aromatic rings. The SMILES string of the molecule is COC(=O)c1ccc(O)c2[nH]c(-c3ccc(F)cc3F)nc12. The average molecular weight is 304 g/mol. The molecule has 7 heteroatoms. The summed E-state index contributed by atoms with van der Waals surface area (Å²) in [6.45, 7) is 0. The molecule has 2 aromatic carbocycles. The number of fused-ring (bicyclic) bond motifs is 1. The number of H-pyrrole nitrogens is 1. The van der Waals surface area contributed by atoms with Gasteiger partial charge in [-0.25, -0.2) is 18.6 Å². The Morgan fingerprint density at radius 1 is 1.27 bits per heavy atom. The van der Waals surface area contributed by atoms with Crippen LogP contribution in [-0.4, -0.2) is 28.2 Å². The molecule has 3 rings (SSSR count). The Morgan fingerprint density at radius 3 is 2.73 bits per heavy atom. The summed E-state index contributed by atoms with van der Waals surface area (Å²) in [5.74, 6) is -2.24. The number of hydrogen-bond donors (Lipinski definition) is 2. The smallest absolute Gasteiger partial charge is 0.340 e. The van der Waals surface area contributed by atoms with Crippen molar-refractivity contribution in [3.05, 3.63) is 47.5 Å². The monoisotopic (exact) mass is 304 g/mol. The van der Waals surface area contributed by atoms with Gasteiger partial charge in [0.1, 0.15) is 34.2 Å². The number of halogens is 2. The number of hydrogen-bond acceptors (Lipinski definition) is 4. The van der Waals surface area contributed by atoms with Crippen LogP contribution in [0, 0.1) is 11.6 Å². The van der Waals surface area contributed by atoms with Gasteiger partial charge in [0.15, 0.2) is 0 Å². The quantitative estimate of drug-likeness (QED) is 0.714. The van der Waals surface area contributed by atoms with Gasteiger partial charge >= 0.3 is 5.97 Å². The molecule has 2 N–H and O–H groups in total. The second-order valence-corrected chi connectivity index (χ2v) is 4.56. The summed E-state index contributed by atoms with van der Waals surface area (Å²) in [4.78, 5) is 18.6. The van der Waals surface area contributed by atoms with Crippen molar-refractivity contribution in [2.75, 3.05) is 7.11 Å². The summed E-state index contributed by atoms with van der Waals surface area (Å²) in [5.41, 5.74) is 0.459. The third kappa shape index (κ3) is 2.16. The molecule has 0 aliphatic carbocycles. The van der Waals surface area contributed by atoms with Crippen molar-refractivity contribution in [3.8, 4) is 17.1 Å². The fourth-order valence-electron chi connectivity index (χ4n) is 2.16. The fourth-order valence-corrected chi connectivity index (χ4v) is 2.16. The lowest BCUT2D eigenvalue weighted by molar-refractivity contribution is 0.0603. The summed E-state index contributed by atoms with van der Waals surface area (Å²) < 4.78 is 31.5. The Kier molecular flexibility index (Phi) is 3.25. The number of nitrogens with one attached hydrogen (secondary N) is 1. The van der Waals surface area contributed by atoms with E-state index in [-0.39, 0.29) is 33.7 Å². The summed E-state index contributed by atoms with van der Waals surface area (Å²) in [6, 6.07) is 5.69. The van der Waals surface area contributed by atoms with Gasteiger partial charge in [-0.2, -0.15) is 0 Å². The van der Waals surface area contributed by atoms with Crippen LogP contribution < -0.4 is 0 Å². The van der Waals surface area contributed by atoms with Gasteiger partial charge in [-0.1, -0.05) is 0 Å². The summed E-state index contributed by atoms with van der Waals surface area (Å²) in [7, 11) is 1.22. The first-order valence-corrected chi connectivity index (χ1v) is 6.26. The molecule has 0 unspecified atom stereocenters. The maximum atomic E-state index is 13.8. The van der Waals surface area contributed by atoms with E-state index >= 15 is 0 Å². The number of esters is 1. The minimum Gasteiger partial charge on any atom is -0.506 e. The van der Waals surface area contributed by atoms with Crippen LogP contribution >= 0.6 is 0 Å². The molecule has 0 amide bonds. The van der Waals surface area contributed by atoms with Gasteiger partial charge in [0.2, 0.25) is 0 Å². The van der Waals surface area contributed by atoms with E-state index in [0.29, 0.717) is 0 Å². The highest BCUT2D eigenvalue weighted by Gasteiger charge is 2.19. The molecule has 5 nitrogen and oxygen atoms in total. The molecule has 0 atom stereocenters. The molecule has 0 fully saturated rings. The number of ether oxygens (including phenoxy) is 1. The lowest BCUT2D eigenvalue weighted by Gasteiger charge is -2.00. The summed E-state index contributed by atoms with van der Waals surface area (Å²) >= 11 is 0. The van der Waals surface area contributed by atoms with E-state index in [0.717, 1.165) is 12.1 Å². The van der Waals surface area contributed by atoms with Crippen LogP contribution in [0.1, 0.15) is 10.4 Å². The minimum absolute atomic E-state index is 0.0211. The van der Waals surface area contributed by atoms with Gasteiger partial charge in [0.05, 0.1) is 18.2 Å². The molecule has 1 aromatic heterocycles. The zero-order valence-electron chi connectivity index (χ0n) is 11.4. The van der Waals surface area contributed by atoms with Gasteiger partial charge in [-0.3, -0.25) is 0 Å². The first kappa shape index (κ1) is 14.0. The van der Waals surface area contributed by atoms with Crippen molar-refractivity contribution in [3.63, 3.8) is 0 Å². The molecule has 112 valence electrons. The maximum Gasteiger partial charge on any atom is 0.340 e. The van der Waals surface area contributed by atoms with E-state index in [4.69, 9.17) is 0 Å². The van der Waals surface area contributed by atoms with E-state index in [2.05, 4.69) is 14.7 Å². The third-order valence-electron chi connectivity index (χ3n) is 3.21. The summed E-state index contributed by atoms with van der Waals surface area (Å²) in [5, 5.41) is 9.85. The van der Waals surface area contributed by atoms with Gasteiger partial charge < -0.3 is 14.8 Å². The highest BCUT2D eigenvalue weighted by molar-refractivity contribution is 6.04. The Labute approximate surface area is 123 Å². The number of rotatable bonds is 2. The molecule has 0 aliphatic rings. The number of aromatic nitrogens is 2. The van der Waals surface area contributed by atoms with Crippen LogP contribution in [0.3, 0.4) is 0 Å². The average Bonchev–Trinajstić information content (AvgIpc) is 2.92. The first-order valence-electron chi connectivity index (χ1n) is 6.26. The second kappa shape index (κ2) is 5.10. The number of methoxy groups -OCH3 is 1. The summed E-state index contributed by atoms with van der Waals surface area (Å²) in [6.07, 6.45) is 0. The van der Waals surface area contributed by atoms with E-state index in [1.165, 1.54) is 25.3 Å². The number of aromatic amines is 1. The molecular formula is C15H10F2N2O3. The zero-order chi connectivity index (χ0) is 15.9. The molecular weight excluding hydrogens is 294 g/mol. The molecule has 0 bridgehead atoms. The van der Waals surface area contributed by atoms with E-state index < -0.39 is 17.6 Å². The molecule has 1 heterocycles. The Morgan fingerprint density at radius 2 is 2.05 bits per heavy atom. The molecule has 0 saturated heterocycles. The van der Waals surface area contributed by atoms with Crippen LogP contribution in [-0.2, 0) is 4.74 Å². The van der Waals surface area contributed by atoms with Crippen molar-refractivity contribution in [1.82, 2.24) is 9.97 Å². The van der Waals surface area contributed by atoms with Gasteiger partial charge in [0, 0.05) is 6.07 Å². The number of nitrogens with zero attached hydrogens (tertiary/aromatic N) is 1. The number of imidazole rings is 1. The molecule has 0 spiro atoms. The van der Waals surface area contributed by atoms with Crippen LogP contribution in [0.25, 0.3) is 22.4 Å². The number of phenols is 1. The number of aromatic hydroxyl groups is 1. The normalized spacial score (nSPS) is 10.9. The van der Waals surface area contributed by atoms with Gasteiger partial charge in [0.25, 0.3) is 0 Å². The van der Waals surface area contributed by atoms with Gasteiger partial charge in [-0.05, 0) is 24.3 Å². The van der Waals surface area contributed by atoms with Crippen LogP contribution in [0.2, 0.25) is 0 Å². The number of carbonyl (C=O) groups excluding carboxylic acids is 1. The molecule has 0 radical (unpaired) electrons. The van der Waals surface area contributed by atoms with E-state index in [1.54, 1.807) is 0 Å². The number of benzene rings is 2. The van der Waals surface area contributed by atoms with Crippen molar-refractivity contribution in [2.45, 2.75) is 0 Å². The minimum atomic E-state index is -0.807. The molecule has 0 aliphatic heterocycles. The first-order chi connectivity index (χ1) is 10.5. The maximum absolute atomic E-state index is 13.8. The lowest BCUT2D eigenvalue weighted by Crippen LogP contribution is -2.01. The third-order valence-corrected chi connectivity index (χ3v) is 3.21. The van der Waals surface area contributed by atoms with Crippen LogP contribution in [0.5, 0.6) is 5.75 Å². The second-order valence-electron chi connectivity index (χ2n) is 4.56. The van der Waals surface area contributed by atoms with Crippen LogP contribution in [0.4, 0.5) is 8.78 Å². The van der Waals surface area contributed by atoms with E-state index in [9.17, 15) is 18.7 Å². The van der Waals surface area contributed by atoms with Crippen LogP contribution in [0.15, 0.2) is 30.3 Å². The van der Waals surface area contributed by atoms with Crippen molar-refractivity contribution >= 4 is 17.0 Å². The molecule has 22 heavy (non-hydrogen) atoms. The van der Waals surface area contributed by atoms with Crippen molar-refractivity contribution in [1.29, 1.82) is 0 Å². The van der Waals surface area contributed by atoms with E-state index in [1.807, 2.05) is 0 Å². The predicted octanol–water partition coefficient (Wildman–Crippen LogP) is 3.00. The van der Waals surface area contributed by atoms with Crippen molar-refractivity contribution < 1.29 is 23.4 Å². The highest BCUT2D eigenvalue weighted by atomic mass is 19.1. The number of phenolic OH excluding ortho intramolecular Hbond substituents is 1. The fraction of sp³-hybridized carbons (Fsp3) is 0.0667. The van der Waals surface area contributed by atoms with Gasteiger partial charge in [-0.15, -0.1) is 0 Å². The topological polar surface area (TPSA) is 75.2 Å². The standard InChI is InChI=1S/C15H10F2N2O3/c1-22-15(21)9-4-5-11(20)13-12(9)18-14(19-13)8-3-2-7(16)6-10(8)17/h2-6,20H,1H3,(H,18,19). The predicted molar refractivity (Wildman–Crippen MR) is 74.5 cm³/mol. The lowest BCUT2D eigenvalue weighted by atomic mass is 10.2. The highest BCUT2D eigenvalue weighted by Crippen LogP contribution is 2.30. The Bertz CT molecular complexity index is 890.